The number of H-pyrrole nitrogens is 1. The molecule has 24 heavy (non-hydrogen) atoms. The standard InChI is InChI=1S/C20H21ClN2O/c1-11-8-12(2)18-15(9-11)14-6-7-22-19(20(14)23-18)13-4-5-17(24-3)16(21)10-13/h4-5,8-10,19,22-23H,6-7H2,1-3H3. The first-order valence-electron chi connectivity index (χ1n) is 8.27. The summed E-state index contributed by atoms with van der Waals surface area (Å²) in [4.78, 5) is 3.67. The van der Waals surface area contributed by atoms with Gasteiger partial charge in [-0.3, -0.25) is 0 Å². The average molecular weight is 341 g/mol. The number of hydrogen-bond acceptors (Lipinski definition) is 2. The Bertz CT molecular complexity index is 929. The quantitative estimate of drug-likeness (QED) is 0.710. The normalized spacial score (nSPS) is 17.1. The maximum absolute atomic E-state index is 6.34. The van der Waals surface area contributed by atoms with Gasteiger partial charge in [0.05, 0.1) is 18.2 Å². The van der Waals surface area contributed by atoms with Crippen molar-refractivity contribution in [2.45, 2.75) is 26.3 Å². The maximum Gasteiger partial charge on any atom is 0.137 e. The highest BCUT2D eigenvalue weighted by atomic mass is 35.5. The fraction of sp³-hybridized carbons (Fsp3) is 0.300. The van der Waals surface area contributed by atoms with E-state index in [1.807, 2.05) is 12.1 Å². The highest BCUT2D eigenvalue weighted by molar-refractivity contribution is 6.32. The molecule has 0 spiro atoms. The molecule has 4 rings (SSSR count). The van der Waals surface area contributed by atoms with Gasteiger partial charge in [-0.25, -0.2) is 0 Å². The van der Waals surface area contributed by atoms with Crippen LogP contribution in [0.2, 0.25) is 5.02 Å². The molecular formula is C20H21ClN2O. The first-order chi connectivity index (χ1) is 11.6. The van der Waals surface area contributed by atoms with Gasteiger partial charge in [-0.05, 0) is 55.2 Å². The molecule has 2 aromatic carbocycles. The molecule has 1 aliphatic heterocycles. The van der Waals surface area contributed by atoms with Gasteiger partial charge in [0, 0.05) is 23.1 Å². The number of benzene rings is 2. The fourth-order valence-corrected chi connectivity index (χ4v) is 4.10. The lowest BCUT2D eigenvalue weighted by molar-refractivity contribution is 0.414. The van der Waals surface area contributed by atoms with Gasteiger partial charge in [0.2, 0.25) is 0 Å². The zero-order chi connectivity index (χ0) is 16.8. The Labute approximate surface area is 147 Å². The molecule has 3 aromatic rings. The van der Waals surface area contributed by atoms with Crippen molar-refractivity contribution in [1.29, 1.82) is 0 Å². The number of fused-ring (bicyclic) bond motifs is 3. The van der Waals surface area contributed by atoms with Crippen molar-refractivity contribution >= 4 is 22.5 Å². The first-order valence-corrected chi connectivity index (χ1v) is 8.65. The Hall–Kier alpha value is -1.97. The lowest BCUT2D eigenvalue weighted by Crippen LogP contribution is -2.30. The van der Waals surface area contributed by atoms with E-state index in [9.17, 15) is 0 Å². The van der Waals surface area contributed by atoms with Crippen LogP contribution in [-0.4, -0.2) is 18.6 Å². The van der Waals surface area contributed by atoms with Crippen molar-refractivity contribution in [2.24, 2.45) is 0 Å². The zero-order valence-electron chi connectivity index (χ0n) is 14.2. The number of methoxy groups -OCH3 is 1. The van der Waals surface area contributed by atoms with Crippen LogP contribution in [0.4, 0.5) is 0 Å². The minimum Gasteiger partial charge on any atom is -0.495 e. The Morgan fingerprint density at radius 2 is 2.00 bits per heavy atom. The first kappa shape index (κ1) is 15.6. The molecule has 1 unspecified atom stereocenters. The molecule has 1 aliphatic rings. The molecule has 124 valence electrons. The van der Waals surface area contributed by atoms with E-state index in [4.69, 9.17) is 16.3 Å². The van der Waals surface area contributed by atoms with Gasteiger partial charge in [0.25, 0.3) is 0 Å². The van der Waals surface area contributed by atoms with Gasteiger partial charge in [-0.1, -0.05) is 29.3 Å². The molecule has 0 radical (unpaired) electrons. The van der Waals surface area contributed by atoms with E-state index in [0.29, 0.717) is 10.8 Å². The molecule has 0 bridgehead atoms. The van der Waals surface area contributed by atoms with Crippen molar-refractivity contribution in [3.63, 3.8) is 0 Å². The summed E-state index contributed by atoms with van der Waals surface area (Å²) < 4.78 is 5.27. The second-order valence-corrected chi connectivity index (χ2v) is 6.96. The molecule has 2 N–H and O–H groups in total. The second-order valence-electron chi connectivity index (χ2n) is 6.55. The summed E-state index contributed by atoms with van der Waals surface area (Å²) in [6.45, 7) is 5.29. The summed E-state index contributed by atoms with van der Waals surface area (Å²) in [6.07, 6.45) is 1.04. The number of halogens is 1. The minimum absolute atomic E-state index is 0.129. The van der Waals surface area contributed by atoms with Crippen LogP contribution in [0.1, 0.15) is 34.0 Å². The topological polar surface area (TPSA) is 37.0 Å². The number of aryl methyl sites for hydroxylation is 2. The third-order valence-corrected chi connectivity index (χ3v) is 5.21. The Morgan fingerprint density at radius 1 is 1.17 bits per heavy atom. The smallest absolute Gasteiger partial charge is 0.137 e. The molecule has 1 atom stereocenters. The number of aromatic amines is 1. The molecular weight excluding hydrogens is 320 g/mol. The van der Waals surface area contributed by atoms with Crippen LogP contribution in [0.15, 0.2) is 30.3 Å². The van der Waals surface area contributed by atoms with Crippen molar-refractivity contribution in [3.8, 4) is 5.75 Å². The highest BCUT2D eigenvalue weighted by Crippen LogP contribution is 2.37. The van der Waals surface area contributed by atoms with Crippen molar-refractivity contribution < 1.29 is 4.74 Å². The summed E-state index contributed by atoms with van der Waals surface area (Å²) in [5.41, 5.74) is 7.69. The van der Waals surface area contributed by atoms with Gasteiger partial charge in [-0.15, -0.1) is 0 Å². The third kappa shape index (κ3) is 2.40. The van der Waals surface area contributed by atoms with Gasteiger partial charge >= 0.3 is 0 Å². The van der Waals surface area contributed by atoms with E-state index >= 15 is 0 Å². The third-order valence-electron chi connectivity index (χ3n) is 4.91. The number of aromatic nitrogens is 1. The van der Waals surface area contributed by atoms with E-state index in [2.05, 4.69) is 42.3 Å². The lowest BCUT2D eigenvalue weighted by Gasteiger charge is -2.25. The maximum atomic E-state index is 6.34. The second kappa shape index (κ2) is 5.83. The summed E-state index contributed by atoms with van der Waals surface area (Å²) >= 11 is 6.34. The van der Waals surface area contributed by atoms with Gasteiger partial charge < -0.3 is 15.0 Å². The average Bonchev–Trinajstić information content (AvgIpc) is 2.94. The molecule has 0 amide bonds. The van der Waals surface area contributed by atoms with Crippen LogP contribution >= 0.6 is 11.6 Å². The predicted molar refractivity (Wildman–Crippen MR) is 99.3 cm³/mol. The van der Waals surface area contributed by atoms with Crippen LogP contribution in [0.3, 0.4) is 0 Å². The number of ether oxygens (including phenoxy) is 1. The van der Waals surface area contributed by atoms with Crippen LogP contribution in [0.5, 0.6) is 5.75 Å². The van der Waals surface area contributed by atoms with E-state index in [-0.39, 0.29) is 6.04 Å². The van der Waals surface area contributed by atoms with Crippen LogP contribution in [0, 0.1) is 13.8 Å². The van der Waals surface area contributed by atoms with E-state index in [0.717, 1.165) is 18.5 Å². The summed E-state index contributed by atoms with van der Waals surface area (Å²) in [7, 11) is 1.64. The number of nitrogens with one attached hydrogen (secondary N) is 2. The van der Waals surface area contributed by atoms with Gasteiger partial charge in [-0.2, -0.15) is 0 Å². The Balaban J connectivity index is 1.87. The molecule has 3 nitrogen and oxygen atoms in total. The van der Waals surface area contributed by atoms with E-state index in [1.165, 1.54) is 33.3 Å². The largest absolute Gasteiger partial charge is 0.495 e. The molecule has 0 saturated carbocycles. The summed E-state index contributed by atoms with van der Waals surface area (Å²) in [5, 5.41) is 5.62. The monoisotopic (exact) mass is 340 g/mol. The van der Waals surface area contributed by atoms with E-state index < -0.39 is 0 Å². The van der Waals surface area contributed by atoms with Gasteiger partial charge in [0.1, 0.15) is 5.75 Å². The summed E-state index contributed by atoms with van der Waals surface area (Å²) in [5.74, 6) is 0.708. The van der Waals surface area contributed by atoms with Crippen molar-refractivity contribution in [2.75, 3.05) is 13.7 Å². The van der Waals surface area contributed by atoms with Crippen molar-refractivity contribution in [1.82, 2.24) is 10.3 Å². The molecule has 2 heterocycles. The minimum atomic E-state index is 0.129. The molecule has 0 aliphatic carbocycles. The van der Waals surface area contributed by atoms with Gasteiger partial charge in [0.15, 0.2) is 0 Å². The number of hydrogen-bond donors (Lipinski definition) is 2. The zero-order valence-corrected chi connectivity index (χ0v) is 14.9. The SMILES string of the molecule is COc1ccc(C2NCCc3c2[nH]c2c(C)cc(C)cc32)cc1Cl. The molecule has 1 aromatic heterocycles. The summed E-state index contributed by atoms with van der Waals surface area (Å²) in [6, 6.07) is 10.7. The molecule has 4 heteroatoms. The van der Waals surface area contributed by atoms with Crippen LogP contribution < -0.4 is 10.1 Å². The van der Waals surface area contributed by atoms with E-state index in [1.54, 1.807) is 7.11 Å². The van der Waals surface area contributed by atoms with Crippen molar-refractivity contribution in [3.05, 3.63) is 63.3 Å². The molecule has 0 fully saturated rings. The lowest BCUT2D eigenvalue weighted by atomic mass is 9.93. The predicted octanol–water partition coefficient (Wildman–Crippen LogP) is 4.68. The van der Waals surface area contributed by atoms with Crippen LogP contribution in [0.25, 0.3) is 10.9 Å². The molecule has 0 saturated heterocycles. The fourth-order valence-electron chi connectivity index (χ4n) is 3.83. The van der Waals surface area contributed by atoms with Crippen LogP contribution in [-0.2, 0) is 6.42 Å². The number of rotatable bonds is 2. The Kier molecular flexibility index (Phi) is 3.78. The highest BCUT2D eigenvalue weighted by Gasteiger charge is 2.26. The Morgan fingerprint density at radius 3 is 2.75 bits per heavy atom.